The van der Waals surface area contributed by atoms with Gasteiger partial charge in [-0.05, 0) is 0 Å². The minimum atomic E-state index is -0.568. The maximum Gasteiger partial charge on any atom is 0.303 e. The number of rotatable bonds is 2. The Balaban J connectivity index is 0. The largest absolute Gasteiger partial charge is 0.402 e. The summed E-state index contributed by atoms with van der Waals surface area (Å²) in [5.41, 5.74) is 0. The zero-order valence-electron chi connectivity index (χ0n) is 3.93. The third-order valence-electron chi connectivity index (χ3n) is 0.236. The molecule has 0 radical (unpaired) electrons. The molecule has 4 heteroatoms. The van der Waals surface area contributed by atoms with Gasteiger partial charge in [0.1, 0.15) is 0 Å². The lowest BCUT2D eigenvalue weighted by molar-refractivity contribution is 0.309. The van der Waals surface area contributed by atoms with Crippen molar-refractivity contribution < 1.29 is 8.85 Å². The van der Waals surface area contributed by atoms with Crippen LogP contribution in [0.25, 0.3) is 0 Å². The molecule has 0 amide bonds. The van der Waals surface area contributed by atoms with E-state index < -0.39 is 10.0 Å². The minimum Gasteiger partial charge on any atom is -0.402 e. The molecule has 0 saturated heterocycles. The van der Waals surface area contributed by atoms with Gasteiger partial charge in [-0.2, -0.15) is 0 Å². The molecule has 2 nitrogen and oxygen atoms in total. The van der Waals surface area contributed by atoms with E-state index in [2.05, 4.69) is 8.85 Å². The van der Waals surface area contributed by atoms with Crippen LogP contribution in [-0.2, 0) is 8.85 Å². The van der Waals surface area contributed by atoms with Gasteiger partial charge in [-0.15, -0.1) is 17.0 Å². The van der Waals surface area contributed by atoms with Crippen molar-refractivity contribution in [3.05, 3.63) is 0 Å². The van der Waals surface area contributed by atoms with Crippen LogP contribution in [0.1, 0.15) is 0 Å². The van der Waals surface area contributed by atoms with Crippen LogP contribution in [0.4, 0.5) is 0 Å². The van der Waals surface area contributed by atoms with Crippen LogP contribution >= 0.6 is 17.0 Å². The highest BCUT2D eigenvalue weighted by atomic mass is 79.9. The summed E-state index contributed by atoms with van der Waals surface area (Å²) < 4.78 is 9.22. The monoisotopic (exact) mass is 172 g/mol. The molecule has 0 bridgehead atoms. The van der Waals surface area contributed by atoms with E-state index in [0.29, 0.717) is 0 Å². The van der Waals surface area contributed by atoms with Crippen molar-refractivity contribution in [2.45, 2.75) is 0 Å². The summed E-state index contributed by atoms with van der Waals surface area (Å²) in [6, 6.07) is 0. The van der Waals surface area contributed by atoms with Gasteiger partial charge in [0.05, 0.1) is 0 Å². The Bertz CT molecular complexity index is 19.0. The lowest BCUT2D eigenvalue weighted by atomic mass is 11.8. The predicted octanol–water partition coefficient (Wildman–Crippen LogP) is -0.144. The first-order valence-electron chi connectivity index (χ1n) is 1.39. The molecule has 0 spiro atoms. The first-order chi connectivity index (χ1) is 2.41. The van der Waals surface area contributed by atoms with Crippen molar-refractivity contribution in [2.24, 2.45) is 0 Å². The van der Waals surface area contributed by atoms with Gasteiger partial charge in [-0.3, -0.25) is 0 Å². The Kier molecular flexibility index (Phi) is 14.9. The van der Waals surface area contributed by atoms with Crippen molar-refractivity contribution in [3.63, 3.8) is 0 Å². The van der Waals surface area contributed by atoms with E-state index in [9.17, 15) is 0 Å². The van der Waals surface area contributed by atoms with E-state index in [1.54, 1.807) is 14.2 Å². The van der Waals surface area contributed by atoms with Gasteiger partial charge >= 0.3 is 10.0 Å². The quantitative estimate of drug-likeness (QED) is 0.541. The molecule has 0 aliphatic heterocycles. The molecule has 0 aliphatic carbocycles. The van der Waals surface area contributed by atoms with Gasteiger partial charge in [0.2, 0.25) is 0 Å². The average molecular weight is 173 g/mol. The third-order valence-corrected chi connectivity index (χ3v) is 0.707. The number of halogens is 1. The second-order valence-electron chi connectivity index (χ2n) is 0.695. The second kappa shape index (κ2) is 9.15. The van der Waals surface area contributed by atoms with Crippen LogP contribution in [0.2, 0.25) is 0 Å². The van der Waals surface area contributed by atoms with Crippen LogP contribution < -0.4 is 0 Å². The molecule has 0 heterocycles. The first kappa shape index (κ1) is 9.79. The molecule has 40 valence electrons. The topological polar surface area (TPSA) is 18.5 Å². The van der Waals surface area contributed by atoms with Crippen LogP contribution in [0, 0.1) is 0 Å². The molecule has 0 rings (SSSR count). The van der Waals surface area contributed by atoms with Gasteiger partial charge in [0, 0.05) is 14.2 Å². The molecule has 0 aromatic heterocycles. The van der Waals surface area contributed by atoms with Crippen LogP contribution in [0.15, 0.2) is 0 Å². The fourth-order valence-corrected chi connectivity index (χ4v) is 0.354. The van der Waals surface area contributed by atoms with E-state index in [0.717, 1.165) is 0 Å². The lowest BCUT2D eigenvalue weighted by Gasteiger charge is -1.86. The Hall–Kier alpha value is 0.617. The molecule has 6 heavy (non-hydrogen) atoms. The fraction of sp³-hybridized carbons (Fsp3) is 1.00. The van der Waals surface area contributed by atoms with E-state index >= 15 is 0 Å². The highest BCUT2D eigenvalue weighted by Crippen LogP contribution is 1.55. The SMILES string of the molecule is Br.CO[SiH2]OC. The maximum absolute atomic E-state index is 4.61. The lowest BCUT2D eigenvalue weighted by Crippen LogP contribution is -1.93. The fourth-order valence-electron chi connectivity index (χ4n) is 0.118. The third kappa shape index (κ3) is 8.82. The average Bonchev–Trinajstić information content (AvgIpc) is 1.41. The predicted molar refractivity (Wildman–Crippen MR) is 32.9 cm³/mol. The summed E-state index contributed by atoms with van der Waals surface area (Å²) in [5, 5.41) is 0. The Labute approximate surface area is 50.7 Å². The van der Waals surface area contributed by atoms with Gasteiger partial charge in [0.25, 0.3) is 0 Å². The molecular weight excluding hydrogens is 164 g/mol. The standard InChI is InChI=1S/C2H8O2Si.BrH/c1-3-5-4-2;/h5H2,1-2H3;1H. The molecule has 0 aromatic rings. The van der Waals surface area contributed by atoms with E-state index in [1.165, 1.54) is 0 Å². The normalized spacial score (nSPS) is 7.00. The van der Waals surface area contributed by atoms with Gasteiger partial charge in [-0.1, -0.05) is 0 Å². The van der Waals surface area contributed by atoms with E-state index in [4.69, 9.17) is 0 Å². The summed E-state index contributed by atoms with van der Waals surface area (Å²) in [7, 11) is 2.73. The highest BCUT2D eigenvalue weighted by Gasteiger charge is 1.67. The molecule has 0 aromatic carbocycles. The summed E-state index contributed by atoms with van der Waals surface area (Å²) >= 11 is 0. The molecule has 0 unspecified atom stereocenters. The smallest absolute Gasteiger partial charge is 0.303 e. The summed E-state index contributed by atoms with van der Waals surface area (Å²) in [6.07, 6.45) is 0. The molecule has 0 N–H and O–H groups in total. The minimum absolute atomic E-state index is 0. The Morgan fingerprint density at radius 2 is 1.50 bits per heavy atom. The van der Waals surface area contributed by atoms with Gasteiger partial charge in [0.15, 0.2) is 0 Å². The van der Waals surface area contributed by atoms with Gasteiger partial charge in [-0.25, -0.2) is 0 Å². The zero-order chi connectivity index (χ0) is 4.12. The molecule has 0 saturated carbocycles. The summed E-state index contributed by atoms with van der Waals surface area (Å²) in [4.78, 5) is 0. The van der Waals surface area contributed by atoms with Gasteiger partial charge < -0.3 is 8.85 Å². The van der Waals surface area contributed by atoms with Crippen LogP contribution in [0.3, 0.4) is 0 Å². The van der Waals surface area contributed by atoms with Crippen molar-refractivity contribution in [1.82, 2.24) is 0 Å². The van der Waals surface area contributed by atoms with E-state index in [1.807, 2.05) is 0 Å². The summed E-state index contributed by atoms with van der Waals surface area (Å²) in [5.74, 6) is 0. The molecule has 0 fully saturated rings. The number of hydrogen-bond acceptors (Lipinski definition) is 2. The van der Waals surface area contributed by atoms with Crippen molar-refractivity contribution in [3.8, 4) is 0 Å². The van der Waals surface area contributed by atoms with E-state index in [-0.39, 0.29) is 17.0 Å². The van der Waals surface area contributed by atoms with Crippen LogP contribution in [-0.4, -0.2) is 24.2 Å². The molecule has 0 aliphatic rings. The Morgan fingerprint density at radius 3 is 1.50 bits per heavy atom. The maximum atomic E-state index is 4.61. The first-order valence-corrected chi connectivity index (χ1v) is 2.55. The zero-order valence-corrected chi connectivity index (χ0v) is 7.06. The second-order valence-corrected chi connectivity index (χ2v) is 2.09. The highest BCUT2D eigenvalue weighted by molar-refractivity contribution is 8.93. The summed E-state index contributed by atoms with van der Waals surface area (Å²) in [6.45, 7) is 0. The van der Waals surface area contributed by atoms with Crippen molar-refractivity contribution >= 4 is 27.0 Å². The molecular formula is C2H9BrO2Si. The van der Waals surface area contributed by atoms with Crippen molar-refractivity contribution in [1.29, 1.82) is 0 Å². The molecule has 0 atom stereocenters. The Morgan fingerprint density at radius 1 is 1.17 bits per heavy atom. The van der Waals surface area contributed by atoms with Crippen LogP contribution in [0.5, 0.6) is 0 Å². The number of hydrogen-bond donors (Lipinski definition) is 0. The van der Waals surface area contributed by atoms with Crippen molar-refractivity contribution in [2.75, 3.05) is 14.2 Å².